The van der Waals surface area contributed by atoms with Gasteiger partial charge < -0.3 is 10.2 Å². The topological polar surface area (TPSA) is 86.8 Å². The van der Waals surface area contributed by atoms with Crippen molar-refractivity contribution in [1.29, 1.82) is 0 Å². The summed E-state index contributed by atoms with van der Waals surface area (Å²) in [6, 6.07) is 3.91. The van der Waals surface area contributed by atoms with Crippen LogP contribution in [0.1, 0.15) is 32.6 Å². The molecule has 10 heteroatoms. The number of anilines is 1. The van der Waals surface area contributed by atoms with Crippen LogP contribution < -0.4 is 5.32 Å². The molecule has 28 heavy (non-hydrogen) atoms. The summed E-state index contributed by atoms with van der Waals surface area (Å²) in [5, 5.41) is 2.91. The molecule has 0 unspecified atom stereocenters. The van der Waals surface area contributed by atoms with Crippen molar-refractivity contribution in [2.75, 3.05) is 24.2 Å². The van der Waals surface area contributed by atoms with E-state index >= 15 is 0 Å². The van der Waals surface area contributed by atoms with Crippen molar-refractivity contribution < 1.29 is 18.0 Å². The van der Waals surface area contributed by atoms with Crippen LogP contribution in [0.3, 0.4) is 0 Å². The second-order valence-electron chi connectivity index (χ2n) is 7.51. The second-order valence-corrected chi connectivity index (χ2v) is 11.3. The number of thioether (sulfide) groups is 1. The molecule has 3 heterocycles. The minimum Gasteiger partial charge on any atom is -0.324 e. The molecule has 3 aliphatic rings. The summed E-state index contributed by atoms with van der Waals surface area (Å²) in [5.74, 6) is 0.208. The normalized spacial score (nSPS) is 28.0. The summed E-state index contributed by atoms with van der Waals surface area (Å²) in [6.45, 7) is 2.94. The zero-order valence-electron chi connectivity index (χ0n) is 15.5. The number of amides is 2. The number of halogens is 1. The van der Waals surface area contributed by atoms with Gasteiger partial charge in [-0.3, -0.25) is 9.59 Å². The fourth-order valence-corrected chi connectivity index (χ4v) is 7.54. The Morgan fingerprint density at radius 2 is 2.04 bits per heavy atom. The average molecular weight is 444 g/mol. The maximum Gasteiger partial charge on any atom is 0.248 e. The third-order valence-corrected chi connectivity index (χ3v) is 9.51. The lowest BCUT2D eigenvalue weighted by atomic mass is 10.2. The van der Waals surface area contributed by atoms with Gasteiger partial charge in [0.15, 0.2) is 0 Å². The molecule has 3 aliphatic heterocycles. The Bertz CT molecular complexity index is 933. The first-order valence-corrected chi connectivity index (χ1v) is 12.1. The average Bonchev–Trinajstić information content (AvgIpc) is 3.35. The number of hydrogen-bond donors (Lipinski definition) is 1. The van der Waals surface area contributed by atoms with E-state index in [1.807, 2.05) is 6.92 Å². The maximum atomic E-state index is 12.9. The maximum absolute atomic E-state index is 12.9. The predicted octanol–water partition coefficient (Wildman–Crippen LogP) is 2.52. The monoisotopic (exact) mass is 443 g/mol. The smallest absolute Gasteiger partial charge is 0.248 e. The van der Waals surface area contributed by atoms with E-state index in [4.69, 9.17) is 11.6 Å². The molecule has 0 saturated carbocycles. The molecule has 7 nitrogen and oxygen atoms in total. The number of hydrogen-bond acceptors (Lipinski definition) is 5. The van der Waals surface area contributed by atoms with Crippen LogP contribution >= 0.6 is 23.4 Å². The number of benzene rings is 1. The number of sulfonamides is 1. The molecule has 0 spiro atoms. The summed E-state index contributed by atoms with van der Waals surface area (Å²) >= 11 is 7.77. The molecular formula is C18H22ClN3O4S2. The van der Waals surface area contributed by atoms with E-state index in [-0.39, 0.29) is 26.6 Å². The Labute approximate surface area is 173 Å². The molecule has 3 saturated heterocycles. The molecular weight excluding hydrogens is 422 g/mol. The SMILES string of the molecule is C[C@@]12CCC(=O)N1[C@@H](C(=O)Nc1ccc(Cl)c(S(=O)(=O)N3CCCC3)c1)CS2. The molecule has 1 N–H and O–H groups in total. The number of nitrogens with zero attached hydrogens (tertiary/aromatic N) is 2. The van der Waals surface area contributed by atoms with Crippen LogP contribution in [0.2, 0.25) is 5.02 Å². The highest BCUT2D eigenvalue weighted by Gasteiger charge is 2.52. The van der Waals surface area contributed by atoms with Crippen molar-refractivity contribution >= 4 is 50.9 Å². The van der Waals surface area contributed by atoms with Crippen LogP contribution in [0.15, 0.2) is 23.1 Å². The van der Waals surface area contributed by atoms with Gasteiger partial charge in [-0.1, -0.05) is 11.6 Å². The first-order chi connectivity index (χ1) is 13.2. The van der Waals surface area contributed by atoms with Gasteiger partial charge in [0.2, 0.25) is 21.8 Å². The number of nitrogens with one attached hydrogen (secondary N) is 1. The quantitative estimate of drug-likeness (QED) is 0.772. The molecule has 3 fully saturated rings. The third-order valence-electron chi connectivity index (χ3n) is 5.63. The highest BCUT2D eigenvalue weighted by Crippen LogP contribution is 2.47. The van der Waals surface area contributed by atoms with Gasteiger partial charge in [0.25, 0.3) is 0 Å². The lowest BCUT2D eigenvalue weighted by Crippen LogP contribution is -2.48. The van der Waals surface area contributed by atoms with Crippen molar-refractivity contribution in [2.24, 2.45) is 0 Å². The van der Waals surface area contributed by atoms with E-state index in [1.165, 1.54) is 16.4 Å². The number of carbonyl (C=O) groups is 2. The standard InChI is InChI=1S/C18H22ClN3O4S2/c1-18-7-6-16(23)22(18)14(11-27-18)17(24)20-12-4-5-13(19)15(10-12)28(25,26)21-8-2-3-9-21/h4-5,10,14H,2-3,6-9,11H2,1H3,(H,20,24)/t14-,18-/m1/s1. The second kappa shape index (κ2) is 7.19. The van der Waals surface area contributed by atoms with Crippen molar-refractivity contribution in [2.45, 2.75) is 48.4 Å². The Hall–Kier alpha value is -1.29. The largest absolute Gasteiger partial charge is 0.324 e. The molecule has 1 aromatic carbocycles. The first-order valence-electron chi connectivity index (χ1n) is 9.29. The summed E-state index contributed by atoms with van der Waals surface area (Å²) in [7, 11) is -3.70. The van der Waals surface area contributed by atoms with Crippen LogP contribution in [0, 0.1) is 0 Å². The van der Waals surface area contributed by atoms with Crippen molar-refractivity contribution in [3.63, 3.8) is 0 Å². The molecule has 2 amide bonds. The van der Waals surface area contributed by atoms with Gasteiger partial charge in [0.1, 0.15) is 10.9 Å². The summed E-state index contributed by atoms with van der Waals surface area (Å²) < 4.78 is 27.1. The van der Waals surface area contributed by atoms with E-state index in [1.54, 1.807) is 22.7 Å². The van der Waals surface area contributed by atoms with Gasteiger partial charge >= 0.3 is 0 Å². The van der Waals surface area contributed by atoms with Crippen molar-refractivity contribution in [3.8, 4) is 0 Å². The fraction of sp³-hybridized carbons (Fsp3) is 0.556. The number of carbonyl (C=O) groups excluding carboxylic acids is 2. The van der Waals surface area contributed by atoms with Gasteiger partial charge in [0.05, 0.1) is 9.89 Å². The van der Waals surface area contributed by atoms with Crippen LogP contribution in [-0.4, -0.2) is 59.2 Å². The lowest BCUT2D eigenvalue weighted by molar-refractivity contribution is -0.135. The Kier molecular flexibility index (Phi) is 5.14. The molecule has 0 aliphatic carbocycles. The van der Waals surface area contributed by atoms with Crippen LogP contribution in [-0.2, 0) is 19.6 Å². The van der Waals surface area contributed by atoms with Gasteiger partial charge in [-0.15, -0.1) is 11.8 Å². The molecule has 0 aromatic heterocycles. The summed E-state index contributed by atoms with van der Waals surface area (Å²) in [4.78, 5) is 26.4. The molecule has 0 radical (unpaired) electrons. The predicted molar refractivity (Wildman–Crippen MR) is 109 cm³/mol. The van der Waals surface area contributed by atoms with E-state index in [0.29, 0.717) is 31.0 Å². The van der Waals surface area contributed by atoms with E-state index < -0.39 is 16.1 Å². The third kappa shape index (κ3) is 3.32. The minimum atomic E-state index is -3.70. The molecule has 152 valence electrons. The minimum absolute atomic E-state index is 0.00301. The zero-order chi connectivity index (χ0) is 20.1. The highest BCUT2D eigenvalue weighted by molar-refractivity contribution is 8.01. The molecule has 0 bridgehead atoms. The van der Waals surface area contributed by atoms with Gasteiger partial charge in [-0.2, -0.15) is 4.31 Å². The van der Waals surface area contributed by atoms with Gasteiger partial charge in [0, 0.05) is 31.0 Å². The Morgan fingerprint density at radius 1 is 1.32 bits per heavy atom. The van der Waals surface area contributed by atoms with E-state index in [2.05, 4.69) is 5.32 Å². The van der Waals surface area contributed by atoms with Gasteiger partial charge in [-0.25, -0.2) is 8.42 Å². The molecule has 2 atom stereocenters. The lowest BCUT2D eigenvalue weighted by Gasteiger charge is -2.29. The Morgan fingerprint density at radius 3 is 2.75 bits per heavy atom. The van der Waals surface area contributed by atoms with Crippen LogP contribution in [0.5, 0.6) is 0 Å². The van der Waals surface area contributed by atoms with Gasteiger partial charge in [-0.05, 0) is 44.4 Å². The molecule has 1 aromatic rings. The highest BCUT2D eigenvalue weighted by atomic mass is 35.5. The Balaban J connectivity index is 1.56. The molecule has 4 rings (SSSR count). The first kappa shape index (κ1) is 20.0. The fourth-order valence-electron chi connectivity index (χ4n) is 4.09. The van der Waals surface area contributed by atoms with Crippen LogP contribution in [0.25, 0.3) is 0 Å². The number of rotatable bonds is 4. The number of fused-ring (bicyclic) bond motifs is 1. The zero-order valence-corrected chi connectivity index (χ0v) is 17.9. The summed E-state index contributed by atoms with van der Waals surface area (Å²) in [5.41, 5.74) is 0.359. The van der Waals surface area contributed by atoms with Crippen molar-refractivity contribution in [3.05, 3.63) is 23.2 Å². The van der Waals surface area contributed by atoms with Crippen molar-refractivity contribution in [1.82, 2.24) is 9.21 Å². The summed E-state index contributed by atoms with van der Waals surface area (Å²) in [6.07, 6.45) is 2.84. The van der Waals surface area contributed by atoms with E-state index in [9.17, 15) is 18.0 Å². The van der Waals surface area contributed by atoms with E-state index in [0.717, 1.165) is 19.3 Å². The van der Waals surface area contributed by atoms with Crippen LogP contribution in [0.4, 0.5) is 5.69 Å².